The molecule has 2 aromatic heterocycles. The third-order valence-electron chi connectivity index (χ3n) is 6.00. The van der Waals surface area contributed by atoms with E-state index in [4.69, 9.17) is 4.98 Å². The first-order valence-corrected chi connectivity index (χ1v) is 12.8. The van der Waals surface area contributed by atoms with E-state index < -0.39 is 0 Å². The molecule has 8 heteroatoms. The van der Waals surface area contributed by atoms with Crippen LogP contribution < -0.4 is 5.32 Å². The highest BCUT2D eigenvalue weighted by molar-refractivity contribution is 7.99. The van der Waals surface area contributed by atoms with Crippen LogP contribution >= 0.6 is 11.8 Å². The minimum Gasteiger partial charge on any atom is -0.326 e. The first-order chi connectivity index (χ1) is 17.5. The largest absolute Gasteiger partial charge is 0.326 e. The average Bonchev–Trinajstić information content (AvgIpc) is 3.16. The number of benzene rings is 3. The molecule has 6 nitrogen and oxygen atoms in total. The van der Waals surface area contributed by atoms with Crippen molar-refractivity contribution in [2.75, 3.05) is 11.1 Å². The van der Waals surface area contributed by atoms with Crippen molar-refractivity contribution in [1.29, 1.82) is 0 Å². The molecule has 0 aliphatic rings. The summed E-state index contributed by atoms with van der Waals surface area (Å²) in [6.45, 7) is 4.38. The summed E-state index contributed by atoms with van der Waals surface area (Å²) in [4.78, 5) is 17.0. The van der Waals surface area contributed by atoms with E-state index in [-0.39, 0.29) is 11.7 Å². The molecular weight excluding hydrogens is 473 g/mol. The molecule has 0 saturated heterocycles. The van der Waals surface area contributed by atoms with Crippen molar-refractivity contribution in [3.63, 3.8) is 0 Å². The zero-order valence-corrected chi connectivity index (χ0v) is 21.0. The number of carbonyl (C=O) groups excluding carboxylic acids is 1. The maximum Gasteiger partial charge on any atom is 0.224 e. The molecule has 0 bridgehead atoms. The van der Waals surface area contributed by atoms with Crippen molar-refractivity contribution in [2.24, 2.45) is 0 Å². The summed E-state index contributed by atoms with van der Waals surface area (Å²) in [5.41, 5.74) is 5.96. The number of nitrogens with one attached hydrogen (secondary N) is 1. The third kappa shape index (κ3) is 5.23. The molecule has 0 atom stereocenters. The lowest BCUT2D eigenvalue weighted by Gasteiger charge is -2.08. The van der Waals surface area contributed by atoms with Crippen molar-refractivity contribution in [2.45, 2.75) is 38.4 Å². The van der Waals surface area contributed by atoms with Crippen molar-refractivity contribution < 1.29 is 9.18 Å². The molecule has 1 amide bonds. The van der Waals surface area contributed by atoms with Gasteiger partial charge in [0.05, 0.1) is 12.1 Å². The molecule has 0 aliphatic heterocycles. The lowest BCUT2D eigenvalue weighted by Crippen LogP contribution is -2.11. The molecule has 5 aromatic rings. The Morgan fingerprint density at radius 1 is 1.00 bits per heavy atom. The third-order valence-corrected chi connectivity index (χ3v) is 6.93. The minimum atomic E-state index is -0.250. The lowest BCUT2D eigenvalue weighted by molar-refractivity contribution is -0.116. The van der Waals surface area contributed by atoms with Gasteiger partial charge in [-0.25, -0.2) is 9.37 Å². The Kier molecular flexibility index (Phi) is 6.95. The van der Waals surface area contributed by atoms with Gasteiger partial charge in [-0.2, -0.15) is 0 Å². The van der Waals surface area contributed by atoms with Crippen molar-refractivity contribution in [1.82, 2.24) is 19.7 Å². The van der Waals surface area contributed by atoms with Crippen LogP contribution in [-0.4, -0.2) is 31.4 Å². The second-order valence-electron chi connectivity index (χ2n) is 8.83. The van der Waals surface area contributed by atoms with Crippen LogP contribution in [0.15, 0.2) is 71.9 Å². The number of anilines is 1. The normalized spacial score (nSPS) is 11.3. The number of hydrogen-bond acceptors (Lipinski definition) is 5. The molecule has 2 heterocycles. The van der Waals surface area contributed by atoms with Gasteiger partial charge in [-0.1, -0.05) is 59.3 Å². The molecule has 0 radical (unpaired) electrons. The van der Waals surface area contributed by atoms with Gasteiger partial charge in [-0.05, 0) is 50.6 Å². The summed E-state index contributed by atoms with van der Waals surface area (Å²) in [5.74, 6) is 0.413. The number of thioether (sulfide) groups is 1. The van der Waals surface area contributed by atoms with Gasteiger partial charge in [0.15, 0.2) is 5.65 Å². The number of fused-ring (bicyclic) bond motifs is 3. The fourth-order valence-corrected chi connectivity index (χ4v) is 4.85. The maximum absolute atomic E-state index is 14.5. The van der Waals surface area contributed by atoms with Crippen LogP contribution in [0.5, 0.6) is 0 Å². The summed E-state index contributed by atoms with van der Waals surface area (Å²) >= 11 is 1.46. The quantitative estimate of drug-likeness (QED) is 0.201. The molecule has 0 saturated carbocycles. The SMILES string of the molecule is Cc1ccc(NC(=O)CCCSc2nnc3c4cc(C)ccc4n(Cc4ccccc4F)c3n2)cc1. The number of aryl methyl sites for hydroxylation is 2. The average molecular weight is 500 g/mol. The van der Waals surface area contributed by atoms with E-state index in [1.807, 2.05) is 60.9 Å². The highest BCUT2D eigenvalue weighted by atomic mass is 32.2. The van der Waals surface area contributed by atoms with Gasteiger partial charge in [-0.15, -0.1) is 10.2 Å². The van der Waals surface area contributed by atoms with E-state index in [1.165, 1.54) is 17.8 Å². The van der Waals surface area contributed by atoms with E-state index in [0.717, 1.165) is 27.7 Å². The summed E-state index contributed by atoms with van der Waals surface area (Å²) < 4.78 is 16.4. The fraction of sp³-hybridized carbons (Fsp3) is 0.214. The molecule has 0 aliphatic carbocycles. The van der Waals surface area contributed by atoms with E-state index >= 15 is 0 Å². The predicted octanol–water partition coefficient (Wildman–Crippen LogP) is 6.29. The van der Waals surface area contributed by atoms with Gasteiger partial charge in [-0.3, -0.25) is 4.79 Å². The van der Waals surface area contributed by atoms with Gasteiger partial charge < -0.3 is 9.88 Å². The molecule has 0 spiro atoms. The number of amides is 1. The Balaban J connectivity index is 1.32. The van der Waals surface area contributed by atoms with Crippen molar-refractivity contribution in [3.8, 4) is 0 Å². The van der Waals surface area contributed by atoms with Gasteiger partial charge >= 0.3 is 0 Å². The van der Waals surface area contributed by atoms with Crippen LogP contribution in [0.3, 0.4) is 0 Å². The maximum atomic E-state index is 14.5. The number of hydrogen-bond donors (Lipinski definition) is 1. The van der Waals surface area contributed by atoms with Crippen LogP contribution in [0, 0.1) is 19.7 Å². The summed E-state index contributed by atoms with van der Waals surface area (Å²) in [6.07, 6.45) is 1.09. The highest BCUT2D eigenvalue weighted by Crippen LogP contribution is 2.29. The standard InChI is InChI=1S/C28H26FN5OS/c1-18-9-12-21(13-10-18)30-25(35)8-5-15-36-28-31-27-26(32-33-28)22-16-19(2)11-14-24(22)34(27)17-20-6-3-4-7-23(20)29/h3-4,6-7,9-14,16H,5,8,15,17H2,1-2H3,(H,30,35). The summed E-state index contributed by atoms with van der Waals surface area (Å²) in [5, 5.41) is 13.2. The number of rotatable bonds is 8. The molecule has 0 fully saturated rings. The Labute approximate surface area is 213 Å². The topological polar surface area (TPSA) is 72.7 Å². The number of nitrogens with zero attached hydrogens (tertiary/aromatic N) is 4. The van der Waals surface area contributed by atoms with Crippen LogP contribution in [0.4, 0.5) is 10.1 Å². The van der Waals surface area contributed by atoms with Gasteiger partial charge in [0, 0.05) is 28.8 Å². The number of aromatic nitrogens is 4. The molecule has 5 rings (SSSR count). The smallest absolute Gasteiger partial charge is 0.224 e. The first-order valence-electron chi connectivity index (χ1n) is 11.8. The zero-order chi connectivity index (χ0) is 25.1. The van der Waals surface area contributed by atoms with E-state index in [1.54, 1.807) is 12.1 Å². The predicted molar refractivity (Wildman–Crippen MR) is 143 cm³/mol. The zero-order valence-electron chi connectivity index (χ0n) is 20.2. The number of carbonyl (C=O) groups is 1. The molecule has 182 valence electrons. The van der Waals surface area contributed by atoms with Crippen LogP contribution in [-0.2, 0) is 11.3 Å². The monoisotopic (exact) mass is 499 g/mol. The molecule has 0 unspecified atom stereocenters. The van der Waals surface area contributed by atoms with Gasteiger partial charge in [0.1, 0.15) is 11.3 Å². The molecule has 36 heavy (non-hydrogen) atoms. The Morgan fingerprint density at radius 3 is 2.58 bits per heavy atom. The molecular formula is C28H26FN5OS. The summed E-state index contributed by atoms with van der Waals surface area (Å²) in [6, 6.07) is 20.6. The second kappa shape index (κ2) is 10.5. The minimum absolute atomic E-state index is 0.0191. The van der Waals surface area contributed by atoms with Crippen molar-refractivity contribution in [3.05, 3.63) is 89.2 Å². The highest BCUT2D eigenvalue weighted by Gasteiger charge is 2.17. The van der Waals surface area contributed by atoms with Gasteiger partial charge in [0.2, 0.25) is 11.1 Å². The Hall–Kier alpha value is -3.78. The summed E-state index contributed by atoms with van der Waals surface area (Å²) in [7, 11) is 0. The molecule has 3 aromatic carbocycles. The van der Waals surface area contributed by atoms with Crippen molar-refractivity contribution >= 4 is 45.4 Å². The lowest BCUT2D eigenvalue weighted by atomic mass is 10.1. The fourth-order valence-electron chi connectivity index (χ4n) is 4.13. The van der Waals surface area contributed by atoms with Crippen LogP contribution in [0.1, 0.15) is 29.5 Å². The van der Waals surface area contributed by atoms with Crippen LogP contribution in [0.2, 0.25) is 0 Å². The van der Waals surface area contributed by atoms with Crippen LogP contribution in [0.25, 0.3) is 22.1 Å². The van der Waals surface area contributed by atoms with E-state index in [2.05, 4.69) is 21.6 Å². The second-order valence-corrected chi connectivity index (χ2v) is 9.89. The Morgan fingerprint density at radius 2 is 1.78 bits per heavy atom. The van der Waals surface area contributed by atoms with E-state index in [0.29, 0.717) is 47.0 Å². The Bertz CT molecular complexity index is 1550. The molecule has 1 N–H and O–H groups in total. The van der Waals surface area contributed by atoms with Gasteiger partial charge in [0.25, 0.3) is 0 Å². The van der Waals surface area contributed by atoms with E-state index in [9.17, 15) is 9.18 Å². The number of halogens is 1. The first kappa shape index (κ1) is 23.9.